The van der Waals surface area contributed by atoms with Crippen LogP contribution < -0.4 is 11.1 Å². The monoisotopic (exact) mass is 328 g/mol. The van der Waals surface area contributed by atoms with Crippen molar-refractivity contribution in [3.05, 3.63) is 52.2 Å². The lowest BCUT2D eigenvalue weighted by atomic mass is 10.1. The fourth-order valence-corrected chi connectivity index (χ4v) is 2.33. The smallest absolute Gasteiger partial charge is 0.360 e. The van der Waals surface area contributed by atoms with Crippen LogP contribution in [0.5, 0.6) is 0 Å². The second kappa shape index (κ2) is 6.53. The number of anilines is 1. The van der Waals surface area contributed by atoms with Gasteiger partial charge < -0.3 is 9.84 Å². The maximum absolute atomic E-state index is 12.0. The standard InChI is InChI=1S/C16H16N4O4/c1-10-5-3-4-6-12(10)15-19-24-16(22)20(15)8-7-14(21)17-13-9-11(2)23-18-13/h3-6,9H,7-8H2,1-2H3,(H,17,18,21). The molecule has 0 aliphatic rings. The first kappa shape index (κ1) is 15.7. The van der Waals surface area contributed by atoms with Gasteiger partial charge in [-0.25, -0.2) is 4.79 Å². The third kappa shape index (κ3) is 3.27. The Bertz CT molecular complexity index is 922. The number of carbonyl (C=O) groups is 1. The number of rotatable bonds is 5. The van der Waals surface area contributed by atoms with E-state index < -0.39 is 5.76 Å². The van der Waals surface area contributed by atoms with Gasteiger partial charge in [-0.1, -0.05) is 34.6 Å². The van der Waals surface area contributed by atoms with E-state index in [0.717, 1.165) is 11.1 Å². The Labute approximate surface area is 137 Å². The minimum atomic E-state index is -0.599. The molecule has 0 unspecified atom stereocenters. The van der Waals surface area contributed by atoms with Gasteiger partial charge in [0.05, 0.1) is 0 Å². The zero-order valence-electron chi connectivity index (χ0n) is 13.3. The molecule has 8 nitrogen and oxygen atoms in total. The quantitative estimate of drug-likeness (QED) is 0.769. The molecule has 1 amide bonds. The number of amides is 1. The van der Waals surface area contributed by atoms with Crippen LogP contribution in [0.1, 0.15) is 17.7 Å². The average molecular weight is 328 g/mol. The van der Waals surface area contributed by atoms with E-state index in [1.54, 1.807) is 13.0 Å². The summed E-state index contributed by atoms with van der Waals surface area (Å²) in [7, 11) is 0. The molecule has 2 heterocycles. The van der Waals surface area contributed by atoms with E-state index in [4.69, 9.17) is 9.05 Å². The van der Waals surface area contributed by atoms with Gasteiger partial charge in [0.25, 0.3) is 0 Å². The Hall–Kier alpha value is -3.16. The molecular formula is C16H16N4O4. The van der Waals surface area contributed by atoms with E-state index >= 15 is 0 Å². The van der Waals surface area contributed by atoms with Crippen molar-refractivity contribution in [2.24, 2.45) is 0 Å². The molecule has 3 rings (SSSR count). The van der Waals surface area contributed by atoms with Gasteiger partial charge in [0, 0.05) is 24.6 Å². The Balaban J connectivity index is 1.74. The molecule has 0 aliphatic carbocycles. The predicted molar refractivity (Wildman–Crippen MR) is 85.4 cm³/mol. The van der Waals surface area contributed by atoms with Gasteiger partial charge in [-0.05, 0) is 19.4 Å². The second-order valence-corrected chi connectivity index (χ2v) is 5.36. The van der Waals surface area contributed by atoms with E-state index in [1.807, 2.05) is 31.2 Å². The zero-order chi connectivity index (χ0) is 17.1. The lowest BCUT2D eigenvalue weighted by molar-refractivity contribution is -0.116. The minimum Gasteiger partial charge on any atom is -0.360 e. The number of nitrogens with zero attached hydrogens (tertiary/aromatic N) is 3. The molecule has 0 bridgehead atoms. The first-order chi connectivity index (χ1) is 11.5. The first-order valence-electron chi connectivity index (χ1n) is 7.40. The van der Waals surface area contributed by atoms with Crippen LogP contribution in [0, 0.1) is 13.8 Å². The molecule has 0 saturated heterocycles. The van der Waals surface area contributed by atoms with Gasteiger partial charge in [-0.15, -0.1) is 0 Å². The number of nitrogens with one attached hydrogen (secondary N) is 1. The van der Waals surface area contributed by atoms with Gasteiger partial charge in [-0.3, -0.25) is 13.9 Å². The van der Waals surface area contributed by atoms with Crippen molar-refractivity contribution in [3.8, 4) is 11.4 Å². The van der Waals surface area contributed by atoms with E-state index in [0.29, 0.717) is 17.4 Å². The minimum absolute atomic E-state index is 0.0753. The molecule has 124 valence electrons. The molecule has 24 heavy (non-hydrogen) atoms. The maximum atomic E-state index is 12.0. The van der Waals surface area contributed by atoms with Gasteiger partial charge in [0.2, 0.25) is 5.91 Å². The summed E-state index contributed by atoms with van der Waals surface area (Å²) in [5.41, 5.74) is 1.75. The summed E-state index contributed by atoms with van der Waals surface area (Å²) in [5.74, 6) is 0.463. The van der Waals surface area contributed by atoms with Crippen LogP contribution in [-0.4, -0.2) is 20.8 Å². The predicted octanol–water partition coefficient (Wildman–Crippen LogP) is 2.14. The Morgan fingerprint density at radius 1 is 1.21 bits per heavy atom. The highest BCUT2D eigenvalue weighted by Crippen LogP contribution is 2.20. The second-order valence-electron chi connectivity index (χ2n) is 5.36. The lowest BCUT2D eigenvalue weighted by Crippen LogP contribution is -2.20. The third-order valence-electron chi connectivity index (χ3n) is 3.53. The third-order valence-corrected chi connectivity index (χ3v) is 3.53. The molecule has 0 saturated carbocycles. The number of aromatic nitrogens is 3. The molecule has 0 spiro atoms. The van der Waals surface area contributed by atoms with Gasteiger partial charge in [0.15, 0.2) is 11.6 Å². The molecule has 0 aliphatic heterocycles. The van der Waals surface area contributed by atoms with Crippen LogP contribution in [0.3, 0.4) is 0 Å². The van der Waals surface area contributed by atoms with E-state index in [1.165, 1.54) is 4.57 Å². The van der Waals surface area contributed by atoms with Crippen LogP contribution in [0.2, 0.25) is 0 Å². The van der Waals surface area contributed by atoms with Crippen LogP contribution in [-0.2, 0) is 11.3 Å². The fraction of sp³-hybridized carbons (Fsp3) is 0.250. The van der Waals surface area contributed by atoms with Crippen molar-refractivity contribution in [1.82, 2.24) is 14.9 Å². The van der Waals surface area contributed by atoms with Crippen LogP contribution >= 0.6 is 0 Å². The van der Waals surface area contributed by atoms with Gasteiger partial charge >= 0.3 is 5.76 Å². The highest BCUT2D eigenvalue weighted by Gasteiger charge is 2.16. The Morgan fingerprint density at radius 3 is 2.71 bits per heavy atom. The van der Waals surface area contributed by atoms with Crippen LogP contribution in [0.15, 0.2) is 44.2 Å². The Morgan fingerprint density at radius 2 is 2.00 bits per heavy atom. The maximum Gasteiger partial charge on any atom is 0.441 e. The van der Waals surface area contributed by atoms with Crippen molar-refractivity contribution in [3.63, 3.8) is 0 Å². The van der Waals surface area contributed by atoms with Crippen LogP contribution in [0.25, 0.3) is 11.4 Å². The van der Waals surface area contributed by atoms with Crippen molar-refractivity contribution < 1.29 is 13.8 Å². The molecule has 1 N–H and O–H groups in total. The number of aryl methyl sites for hydroxylation is 2. The molecule has 8 heteroatoms. The van der Waals surface area contributed by atoms with Gasteiger partial charge in [0.1, 0.15) is 5.76 Å². The largest absolute Gasteiger partial charge is 0.441 e. The fourth-order valence-electron chi connectivity index (χ4n) is 2.33. The summed E-state index contributed by atoms with van der Waals surface area (Å²) in [4.78, 5) is 23.9. The number of hydrogen-bond acceptors (Lipinski definition) is 6. The molecule has 2 aromatic heterocycles. The molecule has 1 aromatic carbocycles. The molecule has 0 atom stereocenters. The summed E-state index contributed by atoms with van der Waals surface area (Å²) in [6.45, 7) is 3.79. The summed E-state index contributed by atoms with van der Waals surface area (Å²) >= 11 is 0. The molecular weight excluding hydrogens is 312 g/mol. The summed E-state index contributed by atoms with van der Waals surface area (Å²) in [6, 6.07) is 9.13. The van der Waals surface area contributed by atoms with Crippen molar-refractivity contribution in [1.29, 1.82) is 0 Å². The molecule has 0 fully saturated rings. The normalized spacial score (nSPS) is 10.8. The SMILES string of the molecule is Cc1cc(NC(=O)CCn2c(-c3ccccc3C)noc2=O)no1. The zero-order valence-corrected chi connectivity index (χ0v) is 13.3. The summed E-state index contributed by atoms with van der Waals surface area (Å²) in [5, 5.41) is 10.1. The first-order valence-corrected chi connectivity index (χ1v) is 7.40. The topological polar surface area (TPSA) is 103 Å². The summed E-state index contributed by atoms with van der Waals surface area (Å²) in [6.07, 6.45) is 0.0753. The van der Waals surface area contributed by atoms with Gasteiger partial charge in [-0.2, -0.15) is 0 Å². The number of benzene rings is 1. The van der Waals surface area contributed by atoms with Crippen molar-refractivity contribution in [2.45, 2.75) is 26.8 Å². The van der Waals surface area contributed by atoms with E-state index in [2.05, 4.69) is 15.6 Å². The summed E-state index contributed by atoms with van der Waals surface area (Å²) < 4.78 is 11.0. The van der Waals surface area contributed by atoms with Crippen LogP contribution in [0.4, 0.5) is 5.82 Å². The molecule has 0 radical (unpaired) electrons. The lowest BCUT2D eigenvalue weighted by Gasteiger charge is -2.06. The Kier molecular flexibility index (Phi) is 4.28. The highest BCUT2D eigenvalue weighted by molar-refractivity contribution is 5.89. The molecule has 3 aromatic rings. The van der Waals surface area contributed by atoms with E-state index in [-0.39, 0.29) is 18.9 Å². The number of hydrogen-bond donors (Lipinski definition) is 1. The average Bonchev–Trinajstić information content (AvgIpc) is 3.12. The van der Waals surface area contributed by atoms with Crippen molar-refractivity contribution in [2.75, 3.05) is 5.32 Å². The van der Waals surface area contributed by atoms with E-state index in [9.17, 15) is 9.59 Å². The number of carbonyl (C=O) groups excluding carboxylic acids is 1. The van der Waals surface area contributed by atoms with Crippen molar-refractivity contribution >= 4 is 11.7 Å². The highest BCUT2D eigenvalue weighted by atomic mass is 16.5.